The Hall–Kier alpha value is -3.13. The molecule has 27 heavy (non-hydrogen) atoms. The molecule has 1 fully saturated rings. The number of amides is 1. The van der Waals surface area contributed by atoms with Crippen molar-refractivity contribution in [2.24, 2.45) is 5.73 Å². The summed E-state index contributed by atoms with van der Waals surface area (Å²) in [6, 6.07) is 13.3. The number of carbonyl (C=O) groups is 1. The average molecular weight is 366 g/mol. The van der Waals surface area contributed by atoms with Crippen LogP contribution in [0.5, 0.6) is 0 Å². The quantitative estimate of drug-likeness (QED) is 0.736. The number of hydrogen-bond acceptors (Lipinski definition) is 6. The molecule has 3 N–H and O–H groups in total. The number of aromatic nitrogens is 3. The molecule has 0 radical (unpaired) electrons. The van der Waals surface area contributed by atoms with E-state index in [1.165, 1.54) is 0 Å². The molecule has 8 nitrogen and oxygen atoms in total. The predicted octanol–water partition coefficient (Wildman–Crippen LogP) is 2.41. The van der Waals surface area contributed by atoms with Crippen LogP contribution in [0.3, 0.4) is 0 Å². The lowest BCUT2D eigenvalue weighted by atomic mass is 10.1. The largest absolute Gasteiger partial charge is 0.444 e. The smallest absolute Gasteiger partial charge is 0.412 e. The summed E-state index contributed by atoms with van der Waals surface area (Å²) in [5.41, 5.74) is 8.28. The van der Waals surface area contributed by atoms with Crippen LogP contribution in [-0.4, -0.2) is 39.8 Å². The lowest BCUT2D eigenvalue weighted by Crippen LogP contribution is -2.43. The van der Waals surface area contributed by atoms with Gasteiger partial charge in [-0.25, -0.2) is 9.31 Å². The van der Waals surface area contributed by atoms with E-state index < -0.39 is 6.09 Å². The molecule has 0 spiro atoms. The van der Waals surface area contributed by atoms with Crippen LogP contribution in [0.15, 0.2) is 48.7 Å². The summed E-state index contributed by atoms with van der Waals surface area (Å²) in [7, 11) is 0. The first-order valence-corrected chi connectivity index (χ1v) is 9.02. The molecule has 1 aliphatic heterocycles. The molecular weight excluding hydrogens is 344 g/mol. The Labute approximate surface area is 156 Å². The number of rotatable bonds is 4. The van der Waals surface area contributed by atoms with Crippen LogP contribution in [0.1, 0.15) is 18.4 Å². The fourth-order valence-electron chi connectivity index (χ4n) is 3.15. The highest BCUT2D eigenvalue weighted by Crippen LogP contribution is 2.18. The molecule has 8 heteroatoms. The Balaban J connectivity index is 1.41. The number of nitrogens with two attached hydrogens (primary N) is 1. The van der Waals surface area contributed by atoms with E-state index in [1.54, 1.807) is 16.8 Å². The van der Waals surface area contributed by atoms with Gasteiger partial charge in [0.2, 0.25) is 5.95 Å². The average Bonchev–Trinajstić information content (AvgIpc) is 3.11. The number of anilines is 2. The Morgan fingerprint density at radius 2 is 2.11 bits per heavy atom. The lowest BCUT2D eigenvalue weighted by molar-refractivity contribution is 0.155. The van der Waals surface area contributed by atoms with Gasteiger partial charge in [-0.1, -0.05) is 30.3 Å². The number of ether oxygens (including phenoxy) is 1. The minimum absolute atomic E-state index is 0.155. The number of piperidine rings is 1. The van der Waals surface area contributed by atoms with Gasteiger partial charge in [0.05, 0.1) is 11.9 Å². The monoisotopic (exact) mass is 366 g/mol. The molecule has 4 rings (SSSR count). The van der Waals surface area contributed by atoms with Crippen LogP contribution < -0.4 is 16.0 Å². The van der Waals surface area contributed by atoms with Gasteiger partial charge in [-0.2, -0.15) is 4.98 Å². The number of carbonyl (C=O) groups excluding carboxylic acids is 1. The van der Waals surface area contributed by atoms with Crippen molar-refractivity contribution in [1.29, 1.82) is 0 Å². The van der Waals surface area contributed by atoms with Crippen molar-refractivity contribution in [2.75, 3.05) is 23.3 Å². The molecule has 0 bridgehead atoms. The molecule has 0 aliphatic carbocycles. The van der Waals surface area contributed by atoms with Gasteiger partial charge in [-0.05, 0) is 30.5 Å². The molecule has 3 aromatic rings. The van der Waals surface area contributed by atoms with Gasteiger partial charge in [0.1, 0.15) is 6.61 Å². The highest BCUT2D eigenvalue weighted by atomic mass is 16.5. The number of hydrogen-bond donors (Lipinski definition) is 2. The zero-order valence-electron chi connectivity index (χ0n) is 14.9. The minimum Gasteiger partial charge on any atom is -0.444 e. The first-order valence-electron chi connectivity index (χ1n) is 9.02. The summed E-state index contributed by atoms with van der Waals surface area (Å²) in [5, 5.41) is 7.23. The maximum atomic E-state index is 12.0. The van der Waals surface area contributed by atoms with E-state index >= 15 is 0 Å². The summed E-state index contributed by atoms with van der Waals surface area (Å²) >= 11 is 0. The fourth-order valence-corrected chi connectivity index (χ4v) is 3.15. The second kappa shape index (κ2) is 7.63. The van der Waals surface area contributed by atoms with Gasteiger partial charge in [0.25, 0.3) is 0 Å². The second-order valence-electron chi connectivity index (χ2n) is 6.67. The summed E-state index contributed by atoms with van der Waals surface area (Å²) in [4.78, 5) is 18.7. The van der Waals surface area contributed by atoms with Gasteiger partial charge in [0.15, 0.2) is 5.65 Å². The number of nitrogens with one attached hydrogen (secondary N) is 1. The van der Waals surface area contributed by atoms with Crippen molar-refractivity contribution in [1.82, 2.24) is 14.6 Å². The van der Waals surface area contributed by atoms with E-state index in [0.29, 0.717) is 17.3 Å². The Morgan fingerprint density at radius 1 is 1.26 bits per heavy atom. The summed E-state index contributed by atoms with van der Waals surface area (Å²) in [6.45, 7) is 1.88. The normalized spacial score (nSPS) is 17.1. The van der Waals surface area contributed by atoms with E-state index in [2.05, 4.69) is 20.3 Å². The molecule has 1 aromatic carbocycles. The minimum atomic E-state index is -0.513. The molecule has 2 aromatic heterocycles. The zero-order valence-corrected chi connectivity index (χ0v) is 14.9. The first kappa shape index (κ1) is 17.3. The van der Waals surface area contributed by atoms with Gasteiger partial charge in [-0.15, -0.1) is 5.10 Å². The maximum absolute atomic E-state index is 12.0. The Kier molecular flexibility index (Phi) is 4.88. The van der Waals surface area contributed by atoms with E-state index in [0.717, 1.165) is 31.5 Å². The van der Waals surface area contributed by atoms with E-state index in [-0.39, 0.29) is 12.6 Å². The molecule has 1 aliphatic rings. The Bertz CT molecular complexity index is 926. The predicted molar refractivity (Wildman–Crippen MR) is 103 cm³/mol. The molecule has 140 valence electrons. The van der Waals surface area contributed by atoms with Crippen molar-refractivity contribution >= 4 is 23.4 Å². The molecule has 1 atom stereocenters. The SMILES string of the molecule is N[C@@H]1CCCN(c2nc3ccc(NC(=O)OCc4ccccc4)cn3n2)C1. The zero-order chi connectivity index (χ0) is 18.6. The molecule has 1 saturated heterocycles. The van der Waals surface area contributed by atoms with Gasteiger partial charge < -0.3 is 15.4 Å². The number of benzene rings is 1. The highest BCUT2D eigenvalue weighted by molar-refractivity contribution is 5.84. The van der Waals surface area contributed by atoms with E-state index in [9.17, 15) is 4.79 Å². The summed E-state index contributed by atoms with van der Waals surface area (Å²) < 4.78 is 6.89. The van der Waals surface area contributed by atoms with Gasteiger partial charge in [-0.3, -0.25) is 5.32 Å². The molecular formula is C19H22N6O2. The standard InChI is InChI=1S/C19H22N6O2/c20-15-7-4-10-24(11-15)18-22-17-9-8-16(12-25(17)23-18)21-19(26)27-13-14-5-2-1-3-6-14/h1-3,5-6,8-9,12,15H,4,7,10-11,13,20H2,(H,21,26)/t15-/m1/s1. The number of fused-ring (bicyclic) bond motifs is 1. The van der Waals surface area contributed by atoms with Crippen LogP contribution in [0, 0.1) is 0 Å². The van der Waals surface area contributed by atoms with Crippen LogP contribution in [0.4, 0.5) is 16.4 Å². The fraction of sp³-hybridized carbons (Fsp3) is 0.316. The molecule has 0 unspecified atom stereocenters. The third-order valence-electron chi connectivity index (χ3n) is 4.52. The number of pyridine rings is 1. The first-order chi connectivity index (χ1) is 13.2. The third kappa shape index (κ3) is 4.17. The topological polar surface area (TPSA) is 97.8 Å². The van der Waals surface area contributed by atoms with Crippen LogP contribution in [0.25, 0.3) is 5.65 Å². The van der Waals surface area contributed by atoms with Crippen molar-refractivity contribution in [3.8, 4) is 0 Å². The summed E-state index contributed by atoms with van der Waals surface area (Å²) in [5.74, 6) is 0.661. The van der Waals surface area contributed by atoms with Crippen molar-refractivity contribution < 1.29 is 9.53 Å². The van der Waals surface area contributed by atoms with Crippen LogP contribution >= 0.6 is 0 Å². The molecule has 3 heterocycles. The molecule has 1 amide bonds. The molecule has 0 saturated carbocycles. The van der Waals surface area contributed by atoms with E-state index in [1.807, 2.05) is 36.4 Å². The highest BCUT2D eigenvalue weighted by Gasteiger charge is 2.20. The van der Waals surface area contributed by atoms with Crippen LogP contribution in [0.2, 0.25) is 0 Å². The second-order valence-corrected chi connectivity index (χ2v) is 6.67. The third-order valence-corrected chi connectivity index (χ3v) is 4.52. The van der Waals surface area contributed by atoms with Gasteiger partial charge >= 0.3 is 6.09 Å². The Morgan fingerprint density at radius 3 is 2.93 bits per heavy atom. The summed E-state index contributed by atoms with van der Waals surface area (Å²) in [6.07, 6.45) is 3.28. The van der Waals surface area contributed by atoms with Gasteiger partial charge in [0, 0.05) is 19.1 Å². The lowest BCUT2D eigenvalue weighted by Gasteiger charge is -2.29. The van der Waals surface area contributed by atoms with E-state index in [4.69, 9.17) is 10.5 Å². The van der Waals surface area contributed by atoms with Crippen molar-refractivity contribution in [3.05, 3.63) is 54.2 Å². The number of nitrogens with zero attached hydrogens (tertiary/aromatic N) is 4. The maximum Gasteiger partial charge on any atom is 0.412 e. The van der Waals surface area contributed by atoms with Crippen molar-refractivity contribution in [3.63, 3.8) is 0 Å². The van der Waals surface area contributed by atoms with Crippen molar-refractivity contribution in [2.45, 2.75) is 25.5 Å². The van der Waals surface area contributed by atoms with Crippen LogP contribution in [-0.2, 0) is 11.3 Å².